The van der Waals surface area contributed by atoms with Gasteiger partial charge in [0.1, 0.15) is 11.4 Å². The summed E-state index contributed by atoms with van der Waals surface area (Å²) in [5.41, 5.74) is 2.19. The lowest BCUT2D eigenvalue weighted by molar-refractivity contribution is 0.174. The van der Waals surface area contributed by atoms with Crippen LogP contribution < -0.4 is 4.74 Å². The number of pyridine rings is 1. The number of hydrogen-bond donors (Lipinski definition) is 1. The van der Waals surface area contributed by atoms with Crippen LogP contribution in [0.1, 0.15) is 17.5 Å². The third kappa shape index (κ3) is 3.84. The van der Waals surface area contributed by atoms with Crippen molar-refractivity contribution in [2.45, 2.75) is 12.5 Å². The molecule has 0 aliphatic heterocycles. The maximum atomic E-state index is 10.4. The molecule has 1 unspecified atom stereocenters. The second-order valence-electron chi connectivity index (χ2n) is 6.04. The maximum Gasteiger partial charge on any atom is 0.276 e. The van der Waals surface area contributed by atoms with Crippen LogP contribution in [0.25, 0.3) is 22.5 Å². The van der Waals surface area contributed by atoms with Crippen molar-refractivity contribution < 1.29 is 14.4 Å². The van der Waals surface area contributed by atoms with E-state index in [-0.39, 0.29) is 6.42 Å². The SMILES string of the molecule is COc1ccc2nc(-c3nc(CC(O)c4ccc(Br)cc4)no3)ccc2c1. The van der Waals surface area contributed by atoms with E-state index in [0.717, 1.165) is 26.7 Å². The topological polar surface area (TPSA) is 81.3 Å². The number of aliphatic hydroxyl groups is 1. The third-order valence-electron chi connectivity index (χ3n) is 4.21. The number of rotatable bonds is 5. The Kier molecular flexibility index (Phi) is 4.87. The van der Waals surface area contributed by atoms with Crippen LogP contribution in [0.15, 0.2) is 63.6 Å². The number of benzene rings is 2. The summed E-state index contributed by atoms with van der Waals surface area (Å²) in [6.45, 7) is 0. The highest BCUT2D eigenvalue weighted by atomic mass is 79.9. The zero-order valence-corrected chi connectivity index (χ0v) is 16.0. The summed E-state index contributed by atoms with van der Waals surface area (Å²) in [7, 11) is 1.63. The first-order valence-electron chi connectivity index (χ1n) is 8.33. The van der Waals surface area contributed by atoms with Gasteiger partial charge in [-0.25, -0.2) is 4.98 Å². The van der Waals surface area contributed by atoms with Gasteiger partial charge in [-0.2, -0.15) is 4.98 Å². The molecule has 0 spiro atoms. The van der Waals surface area contributed by atoms with E-state index >= 15 is 0 Å². The van der Waals surface area contributed by atoms with Crippen molar-refractivity contribution in [2.24, 2.45) is 0 Å². The van der Waals surface area contributed by atoms with Crippen molar-refractivity contribution in [3.63, 3.8) is 0 Å². The molecule has 0 saturated heterocycles. The fourth-order valence-electron chi connectivity index (χ4n) is 2.77. The van der Waals surface area contributed by atoms with Crippen LogP contribution >= 0.6 is 15.9 Å². The lowest BCUT2D eigenvalue weighted by Crippen LogP contribution is -2.03. The highest BCUT2D eigenvalue weighted by Gasteiger charge is 2.15. The fourth-order valence-corrected chi connectivity index (χ4v) is 3.03. The number of aliphatic hydroxyl groups excluding tert-OH is 1. The first-order valence-corrected chi connectivity index (χ1v) is 9.13. The Bertz CT molecular complexity index is 1080. The van der Waals surface area contributed by atoms with Gasteiger partial charge in [0.2, 0.25) is 0 Å². The summed E-state index contributed by atoms with van der Waals surface area (Å²) in [4.78, 5) is 8.93. The Morgan fingerprint density at radius 1 is 1.07 bits per heavy atom. The van der Waals surface area contributed by atoms with Crippen molar-refractivity contribution in [1.82, 2.24) is 15.1 Å². The van der Waals surface area contributed by atoms with Crippen LogP contribution in [0.4, 0.5) is 0 Å². The molecule has 0 aliphatic rings. The van der Waals surface area contributed by atoms with Gasteiger partial charge in [-0.15, -0.1) is 0 Å². The van der Waals surface area contributed by atoms with Gasteiger partial charge in [0.05, 0.1) is 18.7 Å². The van der Waals surface area contributed by atoms with Gasteiger partial charge in [-0.1, -0.05) is 39.3 Å². The van der Waals surface area contributed by atoms with Crippen LogP contribution in [-0.4, -0.2) is 27.3 Å². The fraction of sp³-hybridized carbons (Fsp3) is 0.150. The van der Waals surface area contributed by atoms with Gasteiger partial charge in [-0.3, -0.25) is 0 Å². The molecule has 6 nitrogen and oxygen atoms in total. The highest BCUT2D eigenvalue weighted by molar-refractivity contribution is 9.10. The summed E-state index contributed by atoms with van der Waals surface area (Å²) < 4.78 is 11.5. The van der Waals surface area contributed by atoms with E-state index < -0.39 is 6.10 Å². The van der Waals surface area contributed by atoms with E-state index in [4.69, 9.17) is 9.26 Å². The summed E-state index contributed by atoms with van der Waals surface area (Å²) in [6.07, 6.45) is -0.448. The molecule has 4 rings (SSSR count). The Morgan fingerprint density at radius 3 is 2.67 bits per heavy atom. The smallest absolute Gasteiger partial charge is 0.276 e. The van der Waals surface area contributed by atoms with Crippen molar-refractivity contribution in [3.05, 3.63) is 70.5 Å². The van der Waals surface area contributed by atoms with Crippen LogP contribution in [0.3, 0.4) is 0 Å². The zero-order chi connectivity index (χ0) is 18.8. The van der Waals surface area contributed by atoms with Crippen LogP contribution in [-0.2, 0) is 6.42 Å². The summed E-state index contributed by atoms with van der Waals surface area (Å²) >= 11 is 3.38. The number of halogens is 1. The Balaban J connectivity index is 1.55. The number of ether oxygens (including phenoxy) is 1. The molecule has 0 saturated carbocycles. The highest BCUT2D eigenvalue weighted by Crippen LogP contribution is 2.24. The normalized spacial score (nSPS) is 12.3. The van der Waals surface area contributed by atoms with Gasteiger partial charge in [-0.05, 0) is 42.0 Å². The average molecular weight is 426 g/mol. The van der Waals surface area contributed by atoms with E-state index in [9.17, 15) is 5.11 Å². The van der Waals surface area contributed by atoms with E-state index in [1.807, 2.05) is 54.6 Å². The number of hydrogen-bond acceptors (Lipinski definition) is 6. The molecule has 27 heavy (non-hydrogen) atoms. The van der Waals surface area contributed by atoms with E-state index in [2.05, 4.69) is 31.1 Å². The second kappa shape index (κ2) is 7.46. The van der Waals surface area contributed by atoms with E-state index in [1.54, 1.807) is 7.11 Å². The molecule has 0 fully saturated rings. The zero-order valence-electron chi connectivity index (χ0n) is 14.5. The van der Waals surface area contributed by atoms with Crippen LogP contribution in [0.2, 0.25) is 0 Å². The van der Waals surface area contributed by atoms with Gasteiger partial charge in [0.15, 0.2) is 5.82 Å². The molecule has 1 N–H and O–H groups in total. The van der Waals surface area contributed by atoms with Gasteiger partial charge >= 0.3 is 0 Å². The van der Waals surface area contributed by atoms with Crippen molar-refractivity contribution in [3.8, 4) is 17.3 Å². The number of nitrogens with zero attached hydrogens (tertiary/aromatic N) is 3. The molecule has 136 valence electrons. The number of fused-ring (bicyclic) bond motifs is 1. The number of methoxy groups -OCH3 is 1. The second-order valence-corrected chi connectivity index (χ2v) is 6.96. The molecule has 2 aromatic heterocycles. The van der Waals surface area contributed by atoms with Crippen LogP contribution in [0.5, 0.6) is 5.75 Å². The largest absolute Gasteiger partial charge is 0.497 e. The first-order chi connectivity index (χ1) is 13.1. The molecule has 1 atom stereocenters. The minimum atomic E-state index is -0.708. The summed E-state index contributed by atoms with van der Waals surface area (Å²) in [5.74, 6) is 1.53. The lowest BCUT2D eigenvalue weighted by atomic mass is 10.1. The molecule has 0 amide bonds. The van der Waals surface area contributed by atoms with E-state index in [1.165, 1.54) is 0 Å². The Hall–Kier alpha value is -2.77. The third-order valence-corrected chi connectivity index (χ3v) is 4.74. The summed E-state index contributed by atoms with van der Waals surface area (Å²) in [5, 5.41) is 15.3. The molecular formula is C20H16BrN3O3. The maximum absolute atomic E-state index is 10.4. The Morgan fingerprint density at radius 2 is 1.89 bits per heavy atom. The van der Waals surface area contributed by atoms with Crippen molar-refractivity contribution >= 4 is 26.8 Å². The predicted octanol–water partition coefficient (Wildman–Crippen LogP) is 4.33. The molecule has 0 aliphatic carbocycles. The van der Waals surface area contributed by atoms with Gasteiger partial charge in [0, 0.05) is 16.3 Å². The minimum absolute atomic E-state index is 0.260. The van der Waals surface area contributed by atoms with Crippen molar-refractivity contribution in [1.29, 1.82) is 0 Å². The molecule has 7 heteroatoms. The first kappa shape index (κ1) is 17.6. The number of aromatic nitrogens is 3. The lowest BCUT2D eigenvalue weighted by Gasteiger charge is -2.08. The van der Waals surface area contributed by atoms with Crippen molar-refractivity contribution in [2.75, 3.05) is 7.11 Å². The minimum Gasteiger partial charge on any atom is -0.497 e. The standard InChI is InChI=1S/C20H16BrN3O3/c1-26-15-7-9-16-13(10-15)4-8-17(22-16)20-23-19(24-27-20)11-18(25)12-2-5-14(21)6-3-12/h2-10,18,25H,11H2,1H3. The Labute approximate surface area is 164 Å². The van der Waals surface area contributed by atoms with Gasteiger partial charge in [0.25, 0.3) is 5.89 Å². The summed E-state index contributed by atoms with van der Waals surface area (Å²) in [6, 6.07) is 16.9. The molecule has 0 radical (unpaired) electrons. The molecular weight excluding hydrogens is 410 g/mol. The quantitative estimate of drug-likeness (QED) is 0.512. The molecule has 0 bridgehead atoms. The molecule has 2 heterocycles. The van der Waals surface area contributed by atoms with E-state index in [0.29, 0.717) is 17.4 Å². The average Bonchev–Trinajstić information content (AvgIpc) is 3.16. The molecule has 4 aromatic rings. The van der Waals surface area contributed by atoms with Crippen LogP contribution in [0, 0.1) is 0 Å². The predicted molar refractivity (Wildman–Crippen MR) is 104 cm³/mol. The monoisotopic (exact) mass is 425 g/mol. The van der Waals surface area contributed by atoms with Gasteiger partial charge < -0.3 is 14.4 Å². The molecule has 2 aromatic carbocycles.